The van der Waals surface area contributed by atoms with Crippen LogP contribution < -0.4 is 20.7 Å². The van der Waals surface area contributed by atoms with Gasteiger partial charge in [0.1, 0.15) is 10.8 Å². The largest absolute Gasteiger partial charge is 0.495 e. The average molecular weight is 533 g/mol. The normalized spacial score (nSPS) is 10.5. The molecule has 3 aromatic rings. The Morgan fingerprint density at radius 2 is 1.97 bits per heavy atom. The predicted molar refractivity (Wildman–Crippen MR) is 156 cm³/mol. The first kappa shape index (κ1) is 28.5. The molecule has 0 saturated heterocycles. The monoisotopic (exact) mass is 532 g/mol. The number of amides is 1. The van der Waals surface area contributed by atoms with Crippen LogP contribution in [0.1, 0.15) is 37.8 Å². The number of nitrogens with one attached hydrogen (secondary N) is 3. The second-order valence-corrected chi connectivity index (χ2v) is 9.21. The summed E-state index contributed by atoms with van der Waals surface area (Å²) in [6, 6.07) is 11.5. The van der Waals surface area contributed by atoms with E-state index in [1.807, 2.05) is 25.2 Å². The highest BCUT2D eigenvalue weighted by Crippen LogP contribution is 2.34. The van der Waals surface area contributed by atoms with Crippen molar-refractivity contribution in [1.29, 1.82) is 0 Å². The van der Waals surface area contributed by atoms with Gasteiger partial charge in [-0.15, -0.1) is 0 Å². The minimum atomic E-state index is -0.354. The Morgan fingerprint density at radius 3 is 2.66 bits per heavy atom. The Morgan fingerprint density at radius 1 is 1.21 bits per heavy atom. The molecule has 0 fully saturated rings. The third kappa shape index (κ3) is 7.48. The van der Waals surface area contributed by atoms with Crippen LogP contribution in [0.4, 0.5) is 28.8 Å². The molecule has 0 bridgehead atoms. The zero-order chi connectivity index (χ0) is 27.7. The maximum atomic E-state index is 12.1. The quantitative estimate of drug-likeness (QED) is 0.212. The number of nitrogens with zero attached hydrogens (tertiary/aromatic N) is 3. The molecule has 0 aliphatic carbocycles. The third-order valence-corrected chi connectivity index (χ3v) is 6.00. The van der Waals surface area contributed by atoms with Crippen LogP contribution in [0.2, 0.25) is 5.02 Å². The highest BCUT2D eigenvalue weighted by molar-refractivity contribution is 6.32. The van der Waals surface area contributed by atoms with Crippen molar-refractivity contribution in [3.8, 4) is 17.6 Å². The number of benzene rings is 2. The number of hydrogen-bond acceptors (Lipinski definition) is 7. The first-order chi connectivity index (χ1) is 18.2. The topological polar surface area (TPSA) is 91.4 Å². The van der Waals surface area contributed by atoms with Gasteiger partial charge in [0, 0.05) is 11.8 Å². The Hall–Kier alpha value is -4.06. The third-order valence-electron chi connectivity index (χ3n) is 5.72. The van der Waals surface area contributed by atoms with Gasteiger partial charge in [0.05, 0.1) is 36.8 Å². The molecule has 1 heterocycles. The summed E-state index contributed by atoms with van der Waals surface area (Å²) in [6.45, 7) is 11.3. The van der Waals surface area contributed by atoms with E-state index in [0.717, 1.165) is 17.8 Å². The molecule has 0 radical (unpaired) electrons. The molecule has 9 heteroatoms. The van der Waals surface area contributed by atoms with Crippen molar-refractivity contribution in [3.63, 3.8) is 0 Å². The van der Waals surface area contributed by atoms with Crippen LogP contribution in [-0.4, -0.2) is 48.0 Å². The predicted octanol–water partition coefficient (Wildman–Crippen LogP) is 6.18. The number of hydrogen-bond donors (Lipinski definition) is 3. The van der Waals surface area contributed by atoms with Crippen LogP contribution >= 0.6 is 11.6 Å². The lowest BCUT2D eigenvalue weighted by molar-refractivity contribution is -0.111. The molecule has 198 valence electrons. The number of para-hydroxylation sites is 1. The van der Waals surface area contributed by atoms with Gasteiger partial charge in [-0.1, -0.05) is 69.0 Å². The molecule has 0 spiro atoms. The van der Waals surface area contributed by atoms with Crippen molar-refractivity contribution in [2.75, 3.05) is 43.2 Å². The van der Waals surface area contributed by atoms with Gasteiger partial charge >= 0.3 is 0 Å². The minimum Gasteiger partial charge on any atom is -0.495 e. The number of carbonyl (C=O) groups excluding carboxylic acids is 1. The number of aromatic nitrogens is 2. The van der Waals surface area contributed by atoms with E-state index < -0.39 is 0 Å². The molecule has 0 atom stereocenters. The van der Waals surface area contributed by atoms with Gasteiger partial charge in [0.2, 0.25) is 11.9 Å². The van der Waals surface area contributed by atoms with Gasteiger partial charge in [-0.2, -0.15) is 4.98 Å². The van der Waals surface area contributed by atoms with E-state index in [4.69, 9.17) is 16.3 Å². The fourth-order valence-corrected chi connectivity index (χ4v) is 3.63. The summed E-state index contributed by atoms with van der Waals surface area (Å²) in [7, 11) is 3.54. The molecule has 0 saturated carbocycles. The number of carbonyl (C=O) groups is 1. The first-order valence-corrected chi connectivity index (χ1v) is 12.6. The van der Waals surface area contributed by atoms with Crippen LogP contribution in [0.3, 0.4) is 0 Å². The zero-order valence-electron chi connectivity index (χ0n) is 22.4. The maximum Gasteiger partial charge on any atom is 0.247 e. The smallest absolute Gasteiger partial charge is 0.247 e. The fourth-order valence-electron chi connectivity index (χ4n) is 3.50. The van der Waals surface area contributed by atoms with Crippen LogP contribution in [-0.2, 0) is 4.79 Å². The minimum absolute atomic E-state index is 0.293. The van der Waals surface area contributed by atoms with Crippen LogP contribution in [0.15, 0.2) is 55.3 Å². The molecular formula is C29H33ClN6O2. The summed E-state index contributed by atoms with van der Waals surface area (Å²) in [5.74, 6) is 7.47. The van der Waals surface area contributed by atoms with E-state index >= 15 is 0 Å². The SMILES string of the molecule is C=CC(=O)Nc1cc(Nc2ncc(Cl)c(Nc3ccccc3C(C)C)n2)c(OC)cc1C#CCN(C)CC. The molecule has 0 aliphatic heterocycles. The second kappa shape index (κ2) is 13.5. The summed E-state index contributed by atoms with van der Waals surface area (Å²) in [5, 5.41) is 9.69. The van der Waals surface area contributed by atoms with Crippen molar-refractivity contribution < 1.29 is 9.53 Å². The summed E-state index contributed by atoms with van der Waals surface area (Å²) in [6.07, 6.45) is 2.73. The fraction of sp³-hybridized carbons (Fsp3) is 0.276. The maximum absolute atomic E-state index is 12.1. The van der Waals surface area contributed by atoms with Crippen LogP contribution in [0, 0.1) is 11.8 Å². The molecule has 2 aromatic carbocycles. The number of ether oxygens (including phenoxy) is 1. The van der Waals surface area contributed by atoms with E-state index in [-0.39, 0.29) is 5.91 Å². The first-order valence-electron chi connectivity index (χ1n) is 12.2. The Balaban J connectivity index is 1.97. The van der Waals surface area contributed by atoms with Gasteiger partial charge in [0.15, 0.2) is 5.82 Å². The second-order valence-electron chi connectivity index (χ2n) is 8.81. The van der Waals surface area contributed by atoms with Crippen LogP contribution in [0.25, 0.3) is 0 Å². The summed E-state index contributed by atoms with van der Waals surface area (Å²) in [5.41, 5.74) is 3.71. The number of methoxy groups -OCH3 is 1. The van der Waals surface area contributed by atoms with E-state index in [1.54, 1.807) is 19.2 Å². The lowest BCUT2D eigenvalue weighted by atomic mass is 10.0. The average Bonchev–Trinajstić information content (AvgIpc) is 2.91. The Bertz CT molecular complexity index is 1360. The molecule has 8 nitrogen and oxygen atoms in total. The standard InChI is InChI=1S/C29H33ClN6O2/c1-7-27(37)32-24-17-25(26(38-6)16-20(24)12-11-15-36(5)8-2)34-29-31-18-22(30)28(35-29)33-23-14-10-9-13-21(23)19(3)4/h7,9-10,13-14,16-19H,1,8,15H2,2-6H3,(H,32,37)(H2,31,33,34,35). The summed E-state index contributed by atoms with van der Waals surface area (Å²) >= 11 is 6.42. The molecule has 3 rings (SSSR count). The number of halogens is 1. The Labute approximate surface area is 229 Å². The van der Waals surface area contributed by atoms with E-state index in [2.05, 4.69) is 76.1 Å². The van der Waals surface area contributed by atoms with Gasteiger partial charge in [-0.3, -0.25) is 9.69 Å². The van der Waals surface area contributed by atoms with Crippen molar-refractivity contribution in [2.45, 2.75) is 26.7 Å². The number of rotatable bonds is 10. The van der Waals surface area contributed by atoms with E-state index in [1.165, 1.54) is 12.3 Å². The molecule has 3 N–H and O–H groups in total. The zero-order valence-corrected chi connectivity index (χ0v) is 23.1. The highest BCUT2D eigenvalue weighted by Gasteiger charge is 2.15. The highest BCUT2D eigenvalue weighted by atomic mass is 35.5. The summed E-state index contributed by atoms with van der Waals surface area (Å²) in [4.78, 5) is 23.1. The van der Waals surface area contributed by atoms with Crippen molar-refractivity contribution in [2.24, 2.45) is 0 Å². The molecule has 0 unspecified atom stereocenters. The van der Waals surface area contributed by atoms with Crippen LogP contribution in [0.5, 0.6) is 5.75 Å². The molecule has 38 heavy (non-hydrogen) atoms. The lowest BCUT2D eigenvalue weighted by Gasteiger charge is -2.17. The lowest BCUT2D eigenvalue weighted by Crippen LogP contribution is -2.17. The van der Waals surface area contributed by atoms with Gasteiger partial charge in [-0.05, 0) is 43.3 Å². The van der Waals surface area contributed by atoms with E-state index in [9.17, 15) is 4.79 Å². The van der Waals surface area contributed by atoms with Gasteiger partial charge in [0.25, 0.3) is 0 Å². The molecule has 1 aromatic heterocycles. The molecule has 0 aliphatic rings. The van der Waals surface area contributed by atoms with Crippen molar-refractivity contribution in [1.82, 2.24) is 14.9 Å². The van der Waals surface area contributed by atoms with Gasteiger partial charge < -0.3 is 20.7 Å². The van der Waals surface area contributed by atoms with Crippen molar-refractivity contribution >= 4 is 46.3 Å². The summed E-state index contributed by atoms with van der Waals surface area (Å²) < 4.78 is 5.61. The van der Waals surface area contributed by atoms with Gasteiger partial charge in [-0.25, -0.2) is 4.98 Å². The van der Waals surface area contributed by atoms with E-state index in [0.29, 0.717) is 51.9 Å². The molecular weight excluding hydrogens is 500 g/mol. The Kier molecular flexibility index (Phi) is 10.1. The molecule has 1 amide bonds. The van der Waals surface area contributed by atoms with Crippen molar-refractivity contribution in [3.05, 3.63) is 71.4 Å². The number of anilines is 5.